The molecule has 0 saturated carbocycles. The van der Waals surface area contributed by atoms with Crippen molar-refractivity contribution in [3.05, 3.63) is 29.5 Å². The minimum atomic E-state index is 0.292. The number of anilines is 1. The fourth-order valence-electron chi connectivity index (χ4n) is 1.67. The summed E-state index contributed by atoms with van der Waals surface area (Å²) in [6.07, 6.45) is 1.03. The maximum absolute atomic E-state index is 8.98. The standard InChI is InChI=1S/C14H16N4O2S/c1-3-4-16-14-13(17-18-21-14)9-20-12-6-10(8-15)5-11(7-12)19-2/h5-7,16H,3-4,9H2,1-2H3. The molecule has 2 rings (SSSR count). The lowest BCUT2D eigenvalue weighted by Gasteiger charge is -2.08. The number of ether oxygens (including phenoxy) is 2. The molecule has 0 aliphatic carbocycles. The van der Waals surface area contributed by atoms with E-state index in [2.05, 4.69) is 27.9 Å². The Bertz CT molecular complexity index is 636. The molecular weight excluding hydrogens is 288 g/mol. The van der Waals surface area contributed by atoms with Crippen LogP contribution < -0.4 is 14.8 Å². The molecule has 0 spiro atoms. The highest BCUT2D eigenvalue weighted by molar-refractivity contribution is 7.10. The maximum atomic E-state index is 8.98. The second kappa shape index (κ2) is 7.45. The van der Waals surface area contributed by atoms with Crippen molar-refractivity contribution in [1.82, 2.24) is 9.59 Å². The van der Waals surface area contributed by atoms with Crippen LogP contribution in [-0.4, -0.2) is 23.2 Å². The Morgan fingerprint density at radius 3 is 2.86 bits per heavy atom. The molecule has 21 heavy (non-hydrogen) atoms. The lowest BCUT2D eigenvalue weighted by Crippen LogP contribution is -2.04. The first-order valence-corrected chi connectivity index (χ1v) is 7.31. The molecular formula is C14H16N4O2S. The molecule has 1 heterocycles. The minimum absolute atomic E-state index is 0.292. The van der Waals surface area contributed by atoms with E-state index in [0.717, 1.165) is 23.7 Å². The minimum Gasteiger partial charge on any atom is -0.497 e. The first-order chi connectivity index (χ1) is 10.3. The molecule has 0 aliphatic heterocycles. The smallest absolute Gasteiger partial charge is 0.136 e. The zero-order chi connectivity index (χ0) is 15.1. The summed E-state index contributed by atoms with van der Waals surface area (Å²) in [6.45, 7) is 3.26. The van der Waals surface area contributed by atoms with Gasteiger partial charge in [0, 0.05) is 24.1 Å². The fraction of sp³-hybridized carbons (Fsp3) is 0.357. The quantitative estimate of drug-likeness (QED) is 0.847. The summed E-state index contributed by atoms with van der Waals surface area (Å²) < 4.78 is 14.8. The van der Waals surface area contributed by atoms with Crippen molar-refractivity contribution in [1.29, 1.82) is 5.26 Å². The van der Waals surface area contributed by atoms with E-state index in [4.69, 9.17) is 14.7 Å². The largest absolute Gasteiger partial charge is 0.497 e. The second-order valence-electron chi connectivity index (χ2n) is 4.27. The molecule has 1 aromatic heterocycles. The molecule has 0 atom stereocenters. The van der Waals surface area contributed by atoms with E-state index in [-0.39, 0.29) is 0 Å². The fourth-order valence-corrected chi connectivity index (χ4v) is 2.26. The van der Waals surface area contributed by atoms with Crippen LogP contribution in [0.25, 0.3) is 0 Å². The SMILES string of the molecule is CCCNc1snnc1COc1cc(C#N)cc(OC)c1. The van der Waals surface area contributed by atoms with Crippen LogP contribution in [0.15, 0.2) is 18.2 Å². The molecule has 0 amide bonds. The van der Waals surface area contributed by atoms with Gasteiger partial charge in [-0.3, -0.25) is 0 Å². The van der Waals surface area contributed by atoms with Crippen molar-refractivity contribution in [3.63, 3.8) is 0 Å². The Labute approximate surface area is 127 Å². The first-order valence-electron chi connectivity index (χ1n) is 6.54. The normalized spacial score (nSPS) is 9.95. The number of nitriles is 1. The van der Waals surface area contributed by atoms with Gasteiger partial charge in [-0.15, -0.1) is 5.10 Å². The Balaban J connectivity index is 2.06. The maximum Gasteiger partial charge on any atom is 0.136 e. The highest BCUT2D eigenvalue weighted by Gasteiger charge is 2.09. The topological polar surface area (TPSA) is 80.1 Å². The monoisotopic (exact) mass is 304 g/mol. The van der Waals surface area contributed by atoms with Crippen molar-refractivity contribution in [2.45, 2.75) is 20.0 Å². The lowest BCUT2D eigenvalue weighted by atomic mass is 10.2. The predicted octanol–water partition coefficient (Wildman–Crippen LogP) is 2.82. The van der Waals surface area contributed by atoms with Gasteiger partial charge in [0.25, 0.3) is 0 Å². The van der Waals surface area contributed by atoms with Gasteiger partial charge in [-0.1, -0.05) is 11.4 Å². The summed E-state index contributed by atoms with van der Waals surface area (Å²) in [4.78, 5) is 0. The number of benzene rings is 1. The van der Waals surface area contributed by atoms with Crippen molar-refractivity contribution in [2.75, 3.05) is 19.0 Å². The number of rotatable bonds is 7. The number of hydrogen-bond donors (Lipinski definition) is 1. The highest BCUT2D eigenvalue weighted by Crippen LogP contribution is 2.24. The molecule has 0 radical (unpaired) electrons. The molecule has 2 aromatic rings. The third-order valence-corrected chi connectivity index (χ3v) is 3.44. The number of methoxy groups -OCH3 is 1. The van der Waals surface area contributed by atoms with Crippen LogP contribution in [0.3, 0.4) is 0 Å². The molecule has 0 bridgehead atoms. The summed E-state index contributed by atoms with van der Waals surface area (Å²) >= 11 is 1.31. The van der Waals surface area contributed by atoms with Gasteiger partial charge in [-0.05, 0) is 18.6 Å². The third-order valence-electron chi connectivity index (χ3n) is 2.71. The highest BCUT2D eigenvalue weighted by atomic mass is 32.1. The second-order valence-corrected chi connectivity index (χ2v) is 5.03. The molecule has 0 fully saturated rings. The molecule has 110 valence electrons. The molecule has 0 saturated heterocycles. The van der Waals surface area contributed by atoms with Crippen molar-refractivity contribution < 1.29 is 9.47 Å². The van der Waals surface area contributed by atoms with E-state index in [0.29, 0.717) is 23.7 Å². The predicted molar refractivity (Wildman–Crippen MR) is 80.7 cm³/mol. The van der Waals surface area contributed by atoms with Crippen molar-refractivity contribution in [3.8, 4) is 17.6 Å². The van der Waals surface area contributed by atoms with E-state index in [1.54, 1.807) is 25.3 Å². The Kier molecular flexibility index (Phi) is 5.35. The molecule has 1 aromatic carbocycles. The number of aromatic nitrogens is 2. The zero-order valence-electron chi connectivity index (χ0n) is 11.9. The van der Waals surface area contributed by atoms with Gasteiger partial charge in [-0.2, -0.15) is 5.26 Å². The zero-order valence-corrected chi connectivity index (χ0v) is 12.7. The first kappa shape index (κ1) is 15.1. The average Bonchev–Trinajstić information content (AvgIpc) is 2.97. The van der Waals surface area contributed by atoms with E-state index < -0.39 is 0 Å². The van der Waals surface area contributed by atoms with Gasteiger partial charge in [0.1, 0.15) is 28.8 Å². The van der Waals surface area contributed by atoms with E-state index in [9.17, 15) is 0 Å². The summed E-state index contributed by atoms with van der Waals surface area (Å²) in [5, 5.41) is 17.2. The van der Waals surface area contributed by atoms with Crippen LogP contribution in [0.1, 0.15) is 24.6 Å². The number of hydrogen-bond acceptors (Lipinski definition) is 7. The summed E-state index contributed by atoms with van der Waals surface area (Å²) in [5.74, 6) is 1.16. The molecule has 0 unspecified atom stereocenters. The van der Waals surface area contributed by atoms with Crippen LogP contribution in [0, 0.1) is 11.3 Å². The summed E-state index contributed by atoms with van der Waals surface area (Å²) in [7, 11) is 1.55. The molecule has 0 aliphatic rings. The van der Waals surface area contributed by atoms with Gasteiger partial charge in [0.05, 0.1) is 18.7 Å². The van der Waals surface area contributed by atoms with Crippen molar-refractivity contribution in [2.24, 2.45) is 0 Å². The lowest BCUT2D eigenvalue weighted by molar-refractivity contribution is 0.299. The van der Waals surface area contributed by atoms with Crippen LogP contribution in [0.5, 0.6) is 11.5 Å². The van der Waals surface area contributed by atoms with E-state index >= 15 is 0 Å². The Hall–Kier alpha value is -2.33. The van der Waals surface area contributed by atoms with Gasteiger partial charge in [0.2, 0.25) is 0 Å². The van der Waals surface area contributed by atoms with Crippen LogP contribution in [0.2, 0.25) is 0 Å². The van der Waals surface area contributed by atoms with Gasteiger partial charge >= 0.3 is 0 Å². The van der Waals surface area contributed by atoms with Gasteiger partial charge in [-0.25, -0.2) is 0 Å². The van der Waals surface area contributed by atoms with E-state index in [1.165, 1.54) is 11.5 Å². The average molecular weight is 304 g/mol. The van der Waals surface area contributed by atoms with E-state index in [1.807, 2.05) is 0 Å². The van der Waals surface area contributed by atoms with Crippen LogP contribution in [-0.2, 0) is 6.61 Å². The number of nitrogens with one attached hydrogen (secondary N) is 1. The van der Waals surface area contributed by atoms with Crippen LogP contribution in [0.4, 0.5) is 5.00 Å². The summed E-state index contributed by atoms with van der Waals surface area (Å²) in [6, 6.07) is 7.14. The summed E-state index contributed by atoms with van der Waals surface area (Å²) in [5.41, 5.74) is 1.25. The van der Waals surface area contributed by atoms with Crippen LogP contribution >= 0.6 is 11.5 Å². The van der Waals surface area contributed by atoms with Gasteiger partial charge in [0.15, 0.2) is 0 Å². The van der Waals surface area contributed by atoms with Gasteiger partial charge < -0.3 is 14.8 Å². The molecule has 6 nitrogen and oxygen atoms in total. The Morgan fingerprint density at radius 2 is 2.14 bits per heavy atom. The molecule has 7 heteroatoms. The number of nitrogens with zero attached hydrogens (tertiary/aromatic N) is 3. The Morgan fingerprint density at radius 1 is 1.33 bits per heavy atom. The van der Waals surface area contributed by atoms with Crippen molar-refractivity contribution >= 4 is 16.5 Å². The molecule has 1 N–H and O–H groups in total. The third kappa shape index (κ3) is 4.07.